The van der Waals surface area contributed by atoms with Gasteiger partial charge in [0.1, 0.15) is 11.0 Å². The molecular formula is C11H13N3O3S. The van der Waals surface area contributed by atoms with Gasteiger partial charge in [-0.05, 0) is 24.6 Å². The number of benzene rings is 1. The van der Waals surface area contributed by atoms with Crippen LogP contribution in [0.1, 0.15) is 12.0 Å². The Morgan fingerprint density at radius 2 is 2.22 bits per heavy atom. The van der Waals surface area contributed by atoms with Gasteiger partial charge in [0.2, 0.25) is 10.0 Å². The second kappa shape index (κ2) is 4.57. The van der Waals surface area contributed by atoms with Crippen LogP contribution in [0.3, 0.4) is 0 Å². The first-order valence-electron chi connectivity index (χ1n) is 5.43. The molecule has 1 fully saturated rings. The zero-order valence-electron chi connectivity index (χ0n) is 9.57. The number of anilines is 1. The summed E-state index contributed by atoms with van der Waals surface area (Å²) in [6.07, 6.45) is -0.227. The molecule has 0 spiro atoms. The van der Waals surface area contributed by atoms with E-state index in [1.807, 2.05) is 6.07 Å². The van der Waals surface area contributed by atoms with Gasteiger partial charge in [-0.3, -0.25) is 0 Å². The Kier molecular flexibility index (Phi) is 3.26. The Morgan fingerprint density at radius 1 is 1.50 bits per heavy atom. The van der Waals surface area contributed by atoms with Crippen LogP contribution in [0, 0.1) is 11.3 Å². The molecule has 1 aromatic carbocycles. The predicted octanol–water partition coefficient (Wildman–Crippen LogP) is -0.104. The summed E-state index contributed by atoms with van der Waals surface area (Å²) in [7, 11) is -3.74. The van der Waals surface area contributed by atoms with Gasteiger partial charge in [0, 0.05) is 18.8 Å². The SMILES string of the molecule is N#Cc1cc(N)ccc1S(=O)(=O)N1CCC(O)C1. The second-order valence-corrected chi connectivity index (χ2v) is 6.08. The number of rotatable bonds is 2. The van der Waals surface area contributed by atoms with Gasteiger partial charge in [-0.25, -0.2) is 8.42 Å². The standard InChI is InChI=1S/C11H13N3O3S/c12-6-8-5-9(13)1-2-11(8)18(16,17)14-4-3-10(15)7-14/h1-2,5,10,15H,3-4,7,13H2. The van der Waals surface area contributed by atoms with Crippen molar-refractivity contribution in [3.63, 3.8) is 0 Å². The normalized spacial score (nSPS) is 20.8. The number of nitriles is 1. The van der Waals surface area contributed by atoms with Gasteiger partial charge < -0.3 is 10.8 Å². The van der Waals surface area contributed by atoms with Gasteiger partial charge in [-0.2, -0.15) is 9.57 Å². The summed E-state index contributed by atoms with van der Waals surface area (Å²) in [5.74, 6) is 0. The number of aliphatic hydroxyl groups is 1. The number of nitrogens with zero attached hydrogens (tertiary/aromatic N) is 2. The van der Waals surface area contributed by atoms with E-state index in [4.69, 9.17) is 11.0 Å². The highest BCUT2D eigenvalue weighted by Crippen LogP contribution is 2.25. The van der Waals surface area contributed by atoms with E-state index in [1.54, 1.807) is 0 Å². The average Bonchev–Trinajstić information content (AvgIpc) is 2.76. The molecule has 0 amide bonds. The van der Waals surface area contributed by atoms with Crippen LogP contribution in [-0.2, 0) is 10.0 Å². The van der Waals surface area contributed by atoms with Crippen LogP contribution in [0.25, 0.3) is 0 Å². The molecule has 0 saturated carbocycles. The molecule has 96 valence electrons. The van der Waals surface area contributed by atoms with Gasteiger partial charge in [0.15, 0.2) is 0 Å². The van der Waals surface area contributed by atoms with Gasteiger partial charge >= 0.3 is 0 Å². The lowest BCUT2D eigenvalue weighted by Gasteiger charge is -2.16. The number of nitrogens with two attached hydrogens (primary N) is 1. The Hall–Kier alpha value is -1.62. The molecule has 2 rings (SSSR count). The van der Waals surface area contributed by atoms with E-state index in [2.05, 4.69) is 0 Å². The van der Waals surface area contributed by atoms with E-state index in [0.29, 0.717) is 12.1 Å². The fourth-order valence-electron chi connectivity index (χ4n) is 1.93. The molecular weight excluding hydrogens is 254 g/mol. The van der Waals surface area contributed by atoms with Crippen molar-refractivity contribution in [2.24, 2.45) is 0 Å². The van der Waals surface area contributed by atoms with E-state index in [0.717, 1.165) is 0 Å². The first-order valence-corrected chi connectivity index (χ1v) is 6.87. The number of β-amino-alcohol motifs (C(OH)–C–C–N with tert-alkyl or cyclic N) is 1. The lowest BCUT2D eigenvalue weighted by atomic mass is 10.2. The molecule has 6 nitrogen and oxygen atoms in total. The lowest BCUT2D eigenvalue weighted by Crippen LogP contribution is -2.30. The number of nitrogen functional groups attached to an aromatic ring is 1. The highest BCUT2D eigenvalue weighted by molar-refractivity contribution is 7.89. The zero-order chi connectivity index (χ0) is 13.3. The van der Waals surface area contributed by atoms with Crippen LogP contribution >= 0.6 is 0 Å². The van der Waals surface area contributed by atoms with Crippen LogP contribution in [0.2, 0.25) is 0 Å². The van der Waals surface area contributed by atoms with Crippen molar-refractivity contribution in [3.05, 3.63) is 23.8 Å². The van der Waals surface area contributed by atoms with Crippen molar-refractivity contribution in [3.8, 4) is 6.07 Å². The van der Waals surface area contributed by atoms with E-state index in [9.17, 15) is 13.5 Å². The van der Waals surface area contributed by atoms with Crippen LogP contribution in [-0.4, -0.2) is 37.0 Å². The van der Waals surface area contributed by atoms with Crippen LogP contribution in [0.5, 0.6) is 0 Å². The zero-order valence-corrected chi connectivity index (χ0v) is 10.4. The molecule has 7 heteroatoms. The van der Waals surface area contributed by atoms with Crippen LogP contribution < -0.4 is 5.73 Å². The molecule has 3 N–H and O–H groups in total. The van der Waals surface area contributed by atoms with Crippen molar-refractivity contribution < 1.29 is 13.5 Å². The van der Waals surface area contributed by atoms with Crippen molar-refractivity contribution in [1.29, 1.82) is 5.26 Å². The summed E-state index contributed by atoms with van der Waals surface area (Å²) in [5.41, 5.74) is 5.89. The summed E-state index contributed by atoms with van der Waals surface area (Å²) in [6, 6.07) is 5.93. The molecule has 1 aromatic rings. The third-order valence-corrected chi connectivity index (χ3v) is 4.79. The maximum atomic E-state index is 12.3. The topological polar surface area (TPSA) is 107 Å². The highest BCUT2D eigenvalue weighted by Gasteiger charge is 2.33. The third-order valence-electron chi connectivity index (χ3n) is 2.87. The molecule has 18 heavy (non-hydrogen) atoms. The molecule has 0 aliphatic carbocycles. The number of hydrogen-bond donors (Lipinski definition) is 2. The largest absolute Gasteiger partial charge is 0.399 e. The minimum Gasteiger partial charge on any atom is -0.399 e. The molecule has 1 saturated heterocycles. The maximum absolute atomic E-state index is 12.3. The molecule has 1 atom stereocenters. The fourth-order valence-corrected chi connectivity index (χ4v) is 3.54. The molecule has 1 heterocycles. The second-order valence-electron chi connectivity index (χ2n) is 4.17. The summed E-state index contributed by atoms with van der Waals surface area (Å²) < 4.78 is 25.8. The minimum atomic E-state index is -3.74. The van der Waals surface area contributed by atoms with E-state index >= 15 is 0 Å². The Bertz CT molecular complexity index is 606. The quantitative estimate of drug-likeness (QED) is 0.727. The molecule has 0 bridgehead atoms. The van der Waals surface area contributed by atoms with Crippen molar-refractivity contribution in [2.45, 2.75) is 17.4 Å². The molecule has 1 aliphatic heterocycles. The summed E-state index contributed by atoms with van der Waals surface area (Å²) in [5, 5.41) is 18.4. The van der Waals surface area contributed by atoms with Gasteiger partial charge in [0.25, 0.3) is 0 Å². The highest BCUT2D eigenvalue weighted by atomic mass is 32.2. The van der Waals surface area contributed by atoms with Gasteiger partial charge in [0.05, 0.1) is 11.7 Å². The molecule has 0 aromatic heterocycles. The Labute approximate surface area is 105 Å². The number of hydrogen-bond acceptors (Lipinski definition) is 5. The minimum absolute atomic E-state index is 0.0244. The Morgan fingerprint density at radius 3 is 2.78 bits per heavy atom. The number of aliphatic hydroxyl groups excluding tert-OH is 1. The summed E-state index contributed by atoms with van der Waals surface area (Å²) >= 11 is 0. The molecule has 1 aliphatic rings. The number of sulfonamides is 1. The van der Waals surface area contributed by atoms with Crippen molar-refractivity contribution in [2.75, 3.05) is 18.8 Å². The lowest BCUT2D eigenvalue weighted by molar-refractivity contribution is 0.189. The first kappa shape index (κ1) is 12.8. The van der Waals surface area contributed by atoms with Crippen LogP contribution in [0.15, 0.2) is 23.1 Å². The fraction of sp³-hybridized carbons (Fsp3) is 0.364. The van der Waals surface area contributed by atoms with Gasteiger partial charge in [-0.1, -0.05) is 0 Å². The third kappa shape index (κ3) is 2.18. The monoisotopic (exact) mass is 267 g/mol. The van der Waals surface area contributed by atoms with E-state index < -0.39 is 16.1 Å². The van der Waals surface area contributed by atoms with Gasteiger partial charge in [-0.15, -0.1) is 0 Å². The summed E-state index contributed by atoms with van der Waals surface area (Å²) in [6.45, 7) is 0.330. The van der Waals surface area contributed by atoms with E-state index in [-0.39, 0.29) is 23.5 Å². The summed E-state index contributed by atoms with van der Waals surface area (Å²) in [4.78, 5) is -0.0618. The molecule has 0 radical (unpaired) electrons. The van der Waals surface area contributed by atoms with Crippen molar-refractivity contribution >= 4 is 15.7 Å². The van der Waals surface area contributed by atoms with Crippen molar-refractivity contribution in [1.82, 2.24) is 4.31 Å². The smallest absolute Gasteiger partial charge is 0.244 e. The predicted molar refractivity (Wildman–Crippen MR) is 65.0 cm³/mol. The first-order chi connectivity index (χ1) is 8.45. The Balaban J connectivity index is 2.45. The molecule has 1 unspecified atom stereocenters. The maximum Gasteiger partial charge on any atom is 0.244 e. The van der Waals surface area contributed by atoms with E-state index in [1.165, 1.54) is 22.5 Å². The van der Waals surface area contributed by atoms with Crippen LogP contribution in [0.4, 0.5) is 5.69 Å². The average molecular weight is 267 g/mol.